The number of aromatic amines is 2. The third-order valence-corrected chi connectivity index (χ3v) is 6.32. The lowest BCUT2D eigenvalue weighted by molar-refractivity contribution is -0.116. The Morgan fingerprint density at radius 3 is 2.69 bits per heavy atom. The maximum absolute atomic E-state index is 16.1. The predicted molar refractivity (Wildman–Crippen MR) is 146 cm³/mol. The number of hydrogen-bond donors (Lipinski definition) is 3. The van der Waals surface area contributed by atoms with Gasteiger partial charge in [-0.2, -0.15) is 5.10 Å². The molecule has 0 atom stereocenters. The van der Waals surface area contributed by atoms with Crippen LogP contribution >= 0.6 is 0 Å². The largest absolute Gasteiger partial charge is 0.336 e. The van der Waals surface area contributed by atoms with Crippen LogP contribution in [-0.4, -0.2) is 36.0 Å². The number of aromatic nitrogens is 6. The highest BCUT2D eigenvalue weighted by molar-refractivity contribution is 5.98. The van der Waals surface area contributed by atoms with E-state index < -0.39 is 5.82 Å². The normalized spacial score (nSPS) is 11.5. The summed E-state index contributed by atoms with van der Waals surface area (Å²) in [5.74, 6) is -0.472. The standard InChI is InChI=1S/C29H23F2N7O/c1-15(2)10-23(39)34-19-12-17(13-32-14-19)20-6-7-21-24(25(20)31)28(38-37-21)29-35-22-8-9-33-26(27(22)36-29)16-4-3-5-18(30)11-16/h3-9,11-15H,10H2,1-2H3,(H,34,39)(H,35,36)(H,37,38). The molecule has 0 saturated carbocycles. The van der Waals surface area contributed by atoms with E-state index >= 15 is 4.39 Å². The molecular formula is C29H23F2N7O. The Balaban J connectivity index is 1.42. The first kappa shape index (κ1) is 24.4. The molecule has 0 aliphatic heterocycles. The van der Waals surface area contributed by atoms with Crippen LogP contribution in [0.1, 0.15) is 20.3 Å². The SMILES string of the molecule is CC(C)CC(=O)Nc1cncc(-c2ccc3[nH]nc(-c4nc5c(-c6cccc(F)c6)nccc5[nH]4)c3c2F)c1. The van der Waals surface area contributed by atoms with E-state index in [0.29, 0.717) is 62.6 Å². The topological polar surface area (TPSA) is 112 Å². The molecule has 0 unspecified atom stereocenters. The summed E-state index contributed by atoms with van der Waals surface area (Å²) in [6, 6.07) is 12.9. The fourth-order valence-electron chi connectivity index (χ4n) is 4.60. The van der Waals surface area contributed by atoms with E-state index in [2.05, 4.69) is 35.5 Å². The van der Waals surface area contributed by atoms with E-state index in [4.69, 9.17) is 0 Å². The lowest BCUT2D eigenvalue weighted by Crippen LogP contribution is -2.14. The first-order valence-corrected chi connectivity index (χ1v) is 12.4. The summed E-state index contributed by atoms with van der Waals surface area (Å²) < 4.78 is 30.0. The molecule has 39 heavy (non-hydrogen) atoms. The van der Waals surface area contributed by atoms with E-state index in [0.717, 1.165) is 0 Å². The Bertz CT molecular complexity index is 1860. The fourth-order valence-corrected chi connectivity index (χ4v) is 4.60. The molecule has 10 heteroatoms. The molecule has 4 heterocycles. The van der Waals surface area contributed by atoms with Gasteiger partial charge in [-0.15, -0.1) is 0 Å². The lowest BCUT2D eigenvalue weighted by atomic mass is 10.0. The maximum atomic E-state index is 16.1. The van der Waals surface area contributed by atoms with Gasteiger partial charge in [0.2, 0.25) is 5.91 Å². The van der Waals surface area contributed by atoms with Crippen LogP contribution in [0.2, 0.25) is 0 Å². The molecule has 6 aromatic rings. The predicted octanol–water partition coefficient (Wildman–Crippen LogP) is 6.49. The Hall–Kier alpha value is -4.99. The van der Waals surface area contributed by atoms with E-state index in [9.17, 15) is 9.18 Å². The van der Waals surface area contributed by atoms with Crippen LogP contribution < -0.4 is 5.32 Å². The molecule has 0 saturated heterocycles. The van der Waals surface area contributed by atoms with E-state index in [1.807, 2.05) is 13.8 Å². The van der Waals surface area contributed by atoms with Gasteiger partial charge in [0.05, 0.1) is 34.0 Å². The third kappa shape index (κ3) is 4.61. The molecule has 4 aromatic heterocycles. The number of imidazole rings is 1. The van der Waals surface area contributed by atoms with Crippen molar-refractivity contribution in [1.29, 1.82) is 0 Å². The van der Waals surface area contributed by atoms with Crippen molar-refractivity contribution in [2.45, 2.75) is 20.3 Å². The molecular weight excluding hydrogens is 500 g/mol. The second-order valence-corrected chi connectivity index (χ2v) is 9.68. The quantitative estimate of drug-likeness (QED) is 0.231. The number of pyridine rings is 2. The zero-order valence-corrected chi connectivity index (χ0v) is 21.1. The molecule has 0 bridgehead atoms. The number of amides is 1. The van der Waals surface area contributed by atoms with E-state index in [-0.39, 0.29) is 23.0 Å². The van der Waals surface area contributed by atoms with Gasteiger partial charge < -0.3 is 10.3 Å². The van der Waals surface area contributed by atoms with Crippen LogP contribution in [0.15, 0.2) is 67.1 Å². The number of fused-ring (bicyclic) bond motifs is 2. The summed E-state index contributed by atoms with van der Waals surface area (Å²) in [6.45, 7) is 3.92. The number of carbonyl (C=O) groups is 1. The Morgan fingerprint density at radius 1 is 1.00 bits per heavy atom. The van der Waals surface area contributed by atoms with Crippen molar-refractivity contribution in [1.82, 2.24) is 30.1 Å². The van der Waals surface area contributed by atoms with Gasteiger partial charge in [0.15, 0.2) is 5.82 Å². The number of H-pyrrole nitrogens is 2. The van der Waals surface area contributed by atoms with Crippen molar-refractivity contribution in [2.24, 2.45) is 5.92 Å². The molecule has 0 radical (unpaired) electrons. The number of nitrogens with one attached hydrogen (secondary N) is 3. The smallest absolute Gasteiger partial charge is 0.224 e. The van der Waals surface area contributed by atoms with Crippen molar-refractivity contribution in [2.75, 3.05) is 5.32 Å². The summed E-state index contributed by atoms with van der Waals surface area (Å²) in [5.41, 5.74) is 4.32. The van der Waals surface area contributed by atoms with Gasteiger partial charge in [0.25, 0.3) is 0 Å². The Labute approximate surface area is 221 Å². The van der Waals surface area contributed by atoms with Gasteiger partial charge in [-0.25, -0.2) is 13.8 Å². The number of benzene rings is 2. The first-order valence-electron chi connectivity index (χ1n) is 12.4. The van der Waals surface area contributed by atoms with Gasteiger partial charge in [0, 0.05) is 35.5 Å². The molecule has 0 aliphatic rings. The van der Waals surface area contributed by atoms with Crippen LogP contribution in [0.4, 0.5) is 14.5 Å². The van der Waals surface area contributed by atoms with Crippen molar-refractivity contribution in [3.63, 3.8) is 0 Å². The minimum absolute atomic E-state index is 0.131. The van der Waals surface area contributed by atoms with E-state index in [1.165, 1.54) is 18.3 Å². The third-order valence-electron chi connectivity index (χ3n) is 6.32. The van der Waals surface area contributed by atoms with Gasteiger partial charge in [-0.1, -0.05) is 26.0 Å². The summed E-state index contributed by atoms with van der Waals surface area (Å²) in [7, 11) is 0. The van der Waals surface area contributed by atoms with Gasteiger partial charge in [-0.05, 0) is 42.3 Å². The zero-order valence-electron chi connectivity index (χ0n) is 21.1. The van der Waals surface area contributed by atoms with Crippen LogP contribution in [0.5, 0.6) is 0 Å². The van der Waals surface area contributed by atoms with Crippen molar-refractivity contribution >= 4 is 33.5 Å². The molecule has 0 fully saturated rings. The molecule has 3 N–H and O–H groups in total. The van der Waals surface area contributed by atoms with Crippen molar-refractivity contribution in [3.8, 4) is 33.9 Å². The molecule has 2 aromatic carbocycles. The summed E-state index contributed by atoms with van der Waals surface area (Å²) in [5, 5.41) is 10.3. The molecule has 6 rings (SSSR count). The number of rotatable bonds is 6. The summed E-state index contributed by atoms with van der Waals surface area (Å²) in [4.78, 5) is 28.7. The van der Waals surface area contributed by atoms with Crippen LogP contribution in [0, 0.1) is 17.6 Å². The number of carbonyl (C=O) groups excluding carboxylic acids is 1. The van der Waals surface area contributed by atoms with E-state index in [1.54, 1.807) is 48.8 Å². The Morgan fingerprint density at radius 2 is 1.87 bits per heavy atom. The summed E-state index contributed by atoms with van der Waals surface area (Å²) in [6.07, 6.45) is 5.04. The molecule has 1 amide bonds. The number of anilines is 1. The molecule has 0 aliphatic carbocycles. The van der Waals surface area contributed by atoms with Gasteiger partial charge in [0.1, 0.15) is 22.8 Å². The maximum Gasteiger partial charge on any atom is 0.224 e. The average Bonchev–Trinajstić information content (AvgIpc) is 3.53. The van der Waals surface area contributed by atoms with Gasteiger partial charge in [-0.3, -0.25) is 19.9 Å². The second kappa shape index (κ2) is 9.71. The highest BCUT2D eigenvalue weighted by Gasteiger charge is 2.21. The monoisotopic (exact) mass is 523 g/mol. The minimum atomic E-state index is -0.507. The first-order chi connectivity index (χ1) is 18.9. The second-order valence-electron chi connectivity index (χ2n) is 9.68. The highest BCUT2D eigenvalue weighted by Crippen LogP contribution is 2.35. The molecule has 8 nitrogen and oxygen atoms in total. The molecule has 194 valence electrons. The fraction of sp³-hybridized carbons (Fsp3) is 0.138. The lowest BCUT2D eigenvalue weighted by Gasteiger charge is -2.09. The summed E-state index contributed by atoms with van der Waals surface area (Å²) >= 11 is 0. The molecule has 0 spiro atoms. The van der Waals surface area contributed by atoms with Crippen LogP contribution in [0.3, 0.4) is 0 Å². The van der Waals surface area contributed by atoms with Crippen molar-refractivity contribution < 1.29 is 13.6 Å². The number of halogens is 2. The van der Waals surface area contributed by atoms with Crippen molar-refractivity contribution in [3.05, 3.63) is 78.8 Å². The average molecular weight is 524 g/mol. The Kier molecular flexibility index (Phi) is 6.07. The number of hydrogen-bond acceptors (Lipinski definition) is 5. The number of nitrogens with zero attached hydrogens (tertiary/aromatic N) is 4. The zero-order chi connectivity index (χ0) is 27.1. The van der Waals surface area contributed by atoms with Crippen LogP contribution in [-0.2, 0) is 4.79 Å². The highest BCUT2D eigenvalue weighted by atomic mass is 19.1. The van der Waals surface area contributed by atoms with Crippen LogP contribution in [0.25, 0.3) is 55.8 Å². The van der Waals surface area contributed by atoms with Gasteiger partial charge >= 0.3 is 0 Å². The minimum Gasteiger partial charge on any atom is -0.336 e.